The number of aryl methyl sites for hydroxylation is 1. The van der Waals surface area contributed by atoms with Crippen molar-refractivity contribution in [2.75, 3.05) is 26.2 Å². The first-order valence-corrected chi connectivity index (χ1v) is 10.8. The van der Waals surface area contributed by atoms with Gasteiger partial charge in [0.2, 0.25) is 0 Å². The zero-order valence-corrected chi connectivity index (χ0v) is 17.9. The Labute approximate surface area is 182 Å². The Hall–Kier alpha value is -3.03. The molecule has 2 N–H and O–H groups in total. The van der Waals surface area contributed by atoms with E-state index >= 15 is 0 Å². The first kappa shape index (κ1) is 21.2. The molecule has 162 valence electrons. The Morgan fingerprint density at radius 1 is 1.19 bits per heavy atom. The van der Waals surface area contributed by atoms with Crippen LogP contribution in [-0.2, 0) is 6.54 Å². The van der Waals surface area contributed by atoms with Gasteiger partial charge in [-0.15, -0.1) is 5.10 Å². The normalized spacial score (nSPS) is 16.9. The smallest absolute Gasteiger partial charge is 0.273 e. The van der Waals surface area contributed by atoms with E-state index < -0.39 is 0 Å². The highest BCUT2D eigenvalue weighted by molar-refractivity contribution is 5.91. The van der Waals surface area contributed by atoms with Crippen molar-refractivity contribution >= 4 is 5.91 Å². The van der Waals surface area contributed by atoms with Gasteiger partial charge in [0.15, 0.2) is 5.69 Å². The number of likely N-dealkylation sites (tertiary alicyclic amines) is 1. The van der Waals surface area contributed by atoms with E-state index in [1.54, 1.807) is 10.9 Å². The number of hydrogen-bond acceptors (Lipinski definition) is 5. The molecule has 2 aromatic carbocycles. The summed E-state index contributed by atoms with van der Waals surface area (Å²) in [4.78, 5) is 14.4. The molecule has 0 saturated carbocycles. The fourth-order valence-corrected chi connectivity index (χ4v) is 4.15. The molecule has 0 radical (unpaired) electrons. The number of nitrogens with one attached hydrogen (secondary N) is 1. The number of aromatic nitrogens is 3. The Morgan fingerprint density at radius 2 is 2.00 bits per heavy atom. The fourth-order valence-electron chi connectivity index (χ4n) is 4.15. The van der Waals surface area contributed by atoms with E-state index in [2.05, 4.69) is 76.0 Å². The second kappa shape index (κ2) is 9.85. The zero-order chi connectivity index (χ0) is 21.6. The average molecular weight is 420 g/mol. The first-order chi connectivity index (χ1) is 15.1. The van der Waals surface area contributed by atoms with Crippen LogP contribution in [0.5, 0.6) is 0 Å². The maximum Gasteiger partial charge on any atom is 0.273 e. The highest BCUT2D eigenvalue weighted by atomic mass is 16.3. The van der Waals surface area contributed by atoms with Crippen LogP contribution >= 0.6 is 0 Å². The maximum absolute atomic E-state index is 12.0. The molecule has 1 fully saturated rings. The van der Waals surface area contributed by atoms with Crippen molar-refractivity contribution in [2.45, 2.75) is 32.4 Å². The third kappa shape index (κ3) is 5.18. The highest BCUT2D eigenvalue weighted by Gasteiger charge is 2.23. The predicted molar refractivity (Wildman–Crippen MR) is 120 cm³/mol. The van der Waals surface area contributed by atoms with E-state index in [1.807, 2.05) is 0 Å². The van der Waals surface area contributed by atoms with Crippen molar-refractivity contribution in [3.05, 3.63) is 71.5 Å². The lowest BCUT2D eigenvalue weighted by molar-refractivity contribution is 0.0939. The van der Waals surface area contributed by atoms with Gasteiger partial charge in [-0.2, -0.15) is 0 Å². The summed E-state index contributed by atoms with van der Waals surface area (Å²) < 4.78 is 1.81. The van der Waals surface area contributed by atoms with E-state index in [9.17, 15) is 4.79 Å². The Balaban J connectivity index is 1.38. The van der Waals surface area contributed by atoms with Crippen LogP contribution in [0.3, 0.4) is 0 Å². The van der Waals surface area contributed by atoms with Gasteiger partial charge in [0.1, 0.15) is 0 Å². The molecule has 3 aromatic rings. The second-order valence-corrected chi connectivity index (χ2v) is 8.11. The van der Waals surface area contributed by atoms with E-state index in [4.69, 9.17) is 5.11 Å². The van der Waals surface area contributed by atoms with Gasteiger partial charge in [0.25, 0.3) is 5.91 Å². The molecule has 4 rings (SSSR count). The van der Waals surface area contributed by atoms with Crippen LogP contribution in [0, 0.1) is 6.92 Å². The molecule has 1 aromatic heterocycles. The van der Waals surface area contributed by atoms with Crippen LogP contribution in [0.4, 0.5) is 0 Å². The van der Waals surface area contributed by atoms with E-state index in [0.717, 1.165) is 32.5 Å². The molecule has 1 aliphatic heterocycles. The minimum Gasteiger partial charge on any atom is -0.395 e. The van der Waals surface area contributed by atoms with Crippen LogP contribution < -0.4 is 5.32 Å². The summed E-state index contributed by atoms with van der Waals surface area (Å²) in [6.07, 6.45) is 3.81. The molecule has 1 saturated heterocycles. The van der Waals surface area contributed by atoms with Gasteiger partial charge in [0, 0.05) is 19.6 Å². The van der Waals surface area contributed by atoms with Crippen LogP contribution in [0.1, 0.15) is 40.5 Å². The minimum atomic E-state index is -0.304. The van der Waals surface area contributed by atoms with Crippen molar-refractivity contribution < 1.29 is 9.90 Å². The summed E-state index contributed by atoms with van der Waals surface area (Å²) in [5.74, 6) is -0.304. The molecule has 1 aliphatic rings. The highest BCUT2D eigenvalue weighted by Crippen LogP contribution is 2.25. The largest absolute Gasteiger partial charge is 0.395 e. The monoisotopic (exact) mass is 419 g/mol. The average Bonchev–Trinajstić information content (AvgIpc) is 3.29. The van der Waals surface area contributed by atoms with Gasteiger partial charge in [-0.05, 0) is 48.6 Å². The van der Waals surface area contributed by atoms with Gasteiger partial charge in [-0.1, -0.05) is 53.7 Å². The first-order valence-electron chi connectivity index (χ1n) is 10.8. The van der Waals surface area contributed by atoms with Crippen molar-refractivity contribution in [2.24, 2.45) is 0 Å². The number of aliphatic hydroxyl groups is 1. The molecule has 0 spiro atoms. The Bertz CT molecular complexity index is 1010. The van der Waals surface area contributed by atoms with Crippen LogP contribution in [-0.4, -0.2) is 57.1 Å². The number of nitrogens with zero attached hydrogens (tertiary/aromatic N) is 4. The van der Waals surface area contributed by atoms with Gasteiger partial charge in [-0.25, -0.2) is 4.68 Å². The summed E-state index contributed by atoms with van der Waals surface area (Å²) in [5.41, 5.74) is 5.38. The topological polar surface area (TPSA) is 83.3 Å². The van der Waals surface area contributed by atoms with E-state index in [0.29, 0.717) is 0 Å². The molecule has 0 aliphatic carbocycles. The van der Waals surface area contributed by atoms with Gasteiger partial charge < -0.3 is 10.4 Å². The van der Waals surface area contributed by atoms with E-state index in [1.165, 1.54) is 22.3 Å². The second-order valence-electron chi connectivity index (χ2n) is 8.11. The molecule has 0 unspecified atom stereocenters. The summed E-state index contributed by atoms with van der Waals surface area (Å²) >= 11 is 0. The standard InChI is InChI=1S/C24H29N5O2/c1-18-5-2-3-7-22(18)20-10-8-19(9-11-20)15-28-13-4-6-21(16-28)29-17-23(26-27-29)24(31)25-12-14-30/h2-3,5,7-11,17,21,30H,4,6,12-16H2,1H3,(H,25,31)/t21-/m1/s1. The van der Waals surface area contributed by atoms with Crippen molar-refractivity contribution in [3.63, 3.8) is 0 Å². The molecule has 1 atom stereocenters. The number of carbonyl (C=O) groups is 1. The third-order valence-corrected chi connectivity index (χ3v) is 5.81. The number of carbonyl (C=O) groups excluding carboxylic acids is 1. The lowest BCUT2D eigenvalue weighted by Crippen LogP contribution is -2.36. The summed E-state index contributed by atoms with van der Waals surface area (Å²) in [5, 5.41) is 19.6. The number of amides is 1. The van der Waals surface area contributed by atoms with Crippen molar-refractivity contribution in [3.8, 4) is 11.1 Å². The molecular formula is C24H29N5O2. The predicted octanol–water partition coefficient (Wildman–Crippen LogP) is 2.81. The minimum absolute atomic E-state index is 0.0939. The maximum atomic E-state index is 12.0. The molecule has 1 amide bonds. The van der Waals surface area contributed by atoms with Crippen LogP contribution in [0.25, 0.3) is 11.1 Å². The van der Waals surface area contributed by atoms with Crippen molar-refractivity contribution in [1.82, 2.24) is 25.2 Å². The Morgan fingerprint density at radius 3 is 2.77 bits per heavy atom. The molecule has 7 heteroatoms. The van der Waals surface area contributed by atoms with Crippen LogP contribution in [0.15, 0.2) is 54.7 Å². The Kier molecular flexibility index (Phi) is 6.74. The quantitative estimate of drug-likeness (QED) is 0.615. The molecule has 2 heterocycles. The summed E-state index contributed by atoms with van der Waals surface area (Å²) in [6, 6.07) is 17.5. The molecule has 31 heavy (non-hydrogen) atoms. The lowest BCUT2D eigenvalue weighted by atomic mass is 9.99. The summed E-state index contributed by atoms with van der Waals surface area (Å²) in [7, 11) is 0. The fraction of sp³-hybridized carbons (Fsp3) is 0.375. The van der Waals surface area contributed by atoms with Gasteiger partial charge in [0.05, 0.1) is 18.8 Å². The van der Waals surface area contributed by atoms with Crippen LogP contribution in [0.2, 0.25) is 0 Å². The lowest BCUT2D eigenvalue weighted by Gasteiger charge is -2.32. The third-order valence-electron chi connectivity index (χ3n) is 5.81. The number of benzene rings is 2. The number of aliphatic hydroxyl groups excluding tert-OH is 1. The molecule has 0 bridgehead atoms. The van der Waals surface area contributed by atoms with Crippen molar-refractivity contribution in [1.29, 1.82) is 0 Å². The number of rotatable bonds is 7. The molecular weight excluding hydrogens is 390 g/mol. The number of piperidine rings is 1. The van der Waals surface area contributed by atoms with E-state index in [-0.39, 0.29) is 30.8 Å². The van der Waals surface area contributed by atoms with Gasteiger partial charge in [-0.3, -0.25) is 9.69 Å². The SMILES string of the molecule is Cc1ccccc1-c1ccc(CN2CCC[C@@H](n3cc(C(=O)NCCO)nn3)C2)cc1. The molecule has 7 nitrogen and oxygen atoms in total. The number of hydrogen-bond donors (Lipinski definition) is 2. The summed E-state index contributed by atoms with van der Waals surface area (Å²) in [6.45, 7) is 5.08. The van der Waals surface area contributed by atoms with Gasteiger partial charge >= 0.3 is 0 Å². The zero-order valence-electron chi connectivity index (χ0n) is 17.9.